The molecule has 0 amide bonds. The van der Waals surface area contributed by atoms with Crippen molar-refractivity contribution in [2.45, 2.75) is 25.7 Å². The zero-order valence-corrected chi connectivity index (χ0v) is 13.9. The zero-order chi connectivity index (χ0) is 15.8. The van der Waals surface area contributed by atoms with Gasteiger partial charge in [0.15, 0.2) is 0 Å². The van der Waals surface area contributed by atoms with Gasteiger partial charge in [0.1, 0.15) is 0 Å². The van der Waals surface area contributed by atoms with Crippen molar-refractivity contribution in [2.24, 2.45) is 0 Å². The van der Waals surface area contributed by atoms with Crippen molar-refractivity contribution in [3.05, 3.63) is 29.8 Å². The Kier molecular flexibility index (Phi) is 8.42. The van der Waals surface area contributed by atoms with E-state index in [4.69, 9.17) is 9.05 Å². The number of hydrogen-bond acceptors (Lipinski definition) is 5. The van der Waals surface area contributed by atoms with Crippen LogP contribution in [0.3, 0.4) is 0 Å². The van der Waals surface area contributed by atoms with Crippen molar-refractivity contribution in [3.63, 3.8) is 0 Å². The molecule has 0 aromatic heterocycles. The van der Waals surface area contributed by atoms with E-state index in [2.05, 4.69) is 0 Å². The summed E-state index contributed by atoms with van der Waals surface area (Å²) in [6.45, 7) is 7.89. The monoisotopic (exact) mass is 325 g/mol. The fourth-order valence-electron chi connectivity index (χ4n) is 1.41. The quantitative estimate of drug-likeness (QED) is 0.838. The van der Waals surface area contributed by atoms with Crippen molar-refractivity contribution < 1.29 is 26.9 Å². The minimum absolute atomic E-state index is 0.139. The fraction of sp³-hybridized carbons (Fsp3) is 0.500. The van der Waals surface area contributed by atoms with E-state index in [0.29, 0.717) is 18.8 Å². The van der Waals surface area contributed by atoms with Gasteiger partial charge in [-0.25, -0.2) is 0 Å². The van der Waals surface area contributed by atoms with Gasteiger partial charge in [0.25, 0.3) is 0 Å². The molecule has 8 heteroatoms. The summed E-state index contributed by atoms with van der Waals surface area (Å²) in [7, 11) is -6.99. The normalized spacial score (nSPS) is 12.5. The van der Waals surface area contributed by atoms with Crippen LogP contribution in [0, 0.1) is 6.92 Å². The van der Waals surface area contributed by atoms with Crippen LogP contribution in [0.2, 0.25) is 0 Å². The van der Waals surface area contributed by atoms with Gasteiger partial charge in [0, 0.05) is 0 Å². The molecule has 0 fully saturated rings. The molecule has 0 saturated carbocycles. The Morgan fingerprint density at radius 2 is 1.60 bits per heavy atom. The Hall–Kier alpha value is -0.560. The largest absolute Gasteiger partial charge is 0.324 e. The molecule has 0 aliphatic rings. The summed E-state index contributed by atoms with van der Waals surface area (Å²) in [6, 6.07) is 6.10. The maximum atomic E-state index is 10.5. The molecular weight excluding hydrogens is 303 g/mol. The smallest absolute Gasteiger partial charge is 0.192 e. The van der Waals surface area contributed by atoms with Gasteiger partial charge < -0.3 is 0 Å². The van der Waals surface area contributed by atoms with Crippen molar-refractivity contribution in [1.29, 1.82) is 0 Å². The third kappa shape index (κ3) is 7.89. The molecule has 0 aliphatic heterocycles. The molecule has 1 rings (SSSR count). The SMILES string of the molecule is CCO[PH](C)(O)OCC.Cc1ccccc1S([O])(=O)=O. The van der Waals surface area contributed by atoms with E-state index in [1.807, 2.05) is 13.8 Å². The summed E-state index contributed by atoms with van der Waals surface area (Å²) in [5.41, 5.74) is 0.488. The minimum Gasteiger partial charge on any atom is -0.192 e. The Morgan fingerprint density at radius 3 is 1.90 bits per heavy atom. The zero-order valence-electron chi connectivity index (χ0n) is 12.1. The molecule has 117 valence electrons. The van der Waals surface area contributed by atoms with Gasteiger partial charge in [-0.1, -0.05) is 22.8 Å². The molecule has 20 heavy (non-hydrogen) atoms. The Bertz CT molecular complexity index is 492. The summed E-state index contributed by atoms with van der Waals surface area (Å²) >= 11 is 0. The second-order valence-corrected chi connectivity index (χ2v) is 7.70. The summed E-state index contributed by atoms with van der Waals surface area (Å²) in [6.07, 6.45) is 0. The van der Waals surface area contributed by atoms with Crippen LogP contribution in [0.5, 0.6) is 0 Å². The van der Waals surface area contributed by atoms with Gasteiger partial charge in [0.2, 0.25) is 0 Å². The molecule has 0 atom stereocenters. The Balaban J connectivity index is 0.000000370. The molecular formula is C12H22O6PS. The first-order valence-electron chi connectivity index (χ1n) is 6.15. The van der Waals surface area contributed by atoms with Gasteiger partial charge in [-0.05, 0) is 18.6 Å². The van der Waals surface area contributed by atoms with Crippen molar-refractivity contribution in [3.8, 4) is 0 Å². The van der Waals surface area contributed by atoms with E-state index >= 15 is 0 Å². The van der Waals surface area contributed by atoms with Crippen molar-refractivity contribution in [1.82, 2.24) is 0 Å². The van der Waals surface area contributed by atoms with Crippen LogP contribution < -0.4 is 0 Å². The Morgan fingerprint density at radius 1 is 1.15 bits per heavy atom. The predicted octanol–water partition coefficient (Wildman–Crippen LogP) is 2.29. The molecule has 6 nitrogen and oxygen atoms in total. The van der Waals surface area contributed by atoms with E-state index < -0.39 is 18.1 Å². The van der Waals surface area contributed by atoms with Gasteiger partial charge in [-0.3, -0.25) is 0 Å². The van der Waals surface area contributed by atoms with E-state index in [0.717, 1.165) is 0 Å². The molecule has 0 spiro atoms. The third-order valence-electron chi connectivity index (χ3n) is 2.19. The van der Waals surface area contributed by atoms with Crippen LogP contribution in [0.1, 0.15) is 19.4 Å². The van der Waals surface area contributed by atoms with Gasteiger partial charge in [-0.2, -0.15) is 8.42 Å². The average molecular weight is 325 g/mol. The Labute approximate surface area is 121 Å². The number of benzene rings is 1. The number of rotatable bonds is 5. The average Bonchev–Trinajstić information content (AvgIpc) is 2.28. The topological polar surface area (TPSA) is 92.7 Å². The van der Waals surface area contributed by atoms with E-state index in [-0.39, 0.29) is 4.90 Å². The minimum atomic E-state index is -4.28. The number of aryl methyl sites for hydroxylation is 1. The van der Waals surface area contributed by atoms with Crippen LogP contribution in [-0.4, -0.2) is 33.2 Å². The second kappa shape index (κ2) is 8.67. The maximum Gasteiger partial charge on any atom is 0.324 e. The molecule has 0 aliphatic carbocycles. The van der Waals surface area contributed by atoms with Crippen LogP contribution in [0.25, 0.3) is 0 Å². The molecule has 1 aromatic rings. The molecule has 1 aromatic carbocycles. The predicted molar refractivity (Wildman–Crippen MR) is 78.8 cm³/mol. The van der Waals surface area contributed by atoms with E-state index in [1.54, 1.807) is 25.7 Å². The van der Waals surface area contributed by atoms with Gasteiger partial charge >= 0.3 is 65.7 Å². The molecule has 1 N–H and O–H groups in total. The first-order valence-corrected chi connectivity index (χ1v) is 9.83. The first kappa shape index (κ1) is 19.4. The second-order valence-electron chi connectivity index (χ2n) is 3.98. The van der Waals surface area contributed by atoms with Crippen molar-refractivity contribution >= 4 is 18.1 Å². The van der Waals surface area contributed by atoms with Crippen LogP contribution in [-0.2, 0) is 23.7 Å². The first-order chi connectivity index (χ1) is 9.14. The fourth-order valence-corrected chi connectivity index (χ4v) is 3.28. The maximum absolute atomic E-state index is 10.5. The molecule has 0 bridgehead atoms. The van der Waals surface area contributed by atoms with Gasteiger partial charge in [-0.15, -0.1) is 0 Å². The van der Waals surface area contributed by atoms with Crippen LogP contribution in [0.4, 0.5) is 0 Å². The van der Waals surface area contributed by atoms with Crippen LogP contribution >= 0.6 is 7.94 Å². The number of hydrogen-bond donors (Lipinski definition) is 1. The summed E-state index contributed by atoms with van der Waals surface area (Å²) in [5, 5.41) is 0. The third-order valence-corrected chi connectivity index (χ3v) is 4.83. The molecule has 1 radical (unpaired) electrons. The molecule has 0 saturated heterocycles. The van der Waals surface area contributed by atoms with Crippen molar-refractivity contribution in [2.75, 3.05) is 19.9 Å². The van der Waals surface area contributed by atoms with E-state index in [9.17, 15) is 17.9 Å². The van der Waals surface area contributed by atoms with Gasteiger partial charge in [0.05, 0.1) is 4.90 Å². The summed E-state index contributed by atoms with van der Waals surface area (Å²) < 4.78 is 41.4. The molecule has 0 heterocycles. The van der Waals surface area contributed by atoms with E-state index in [1.165, 1.54) is 12.1 Å². The summed E-state index contributed by atoms with van der Waals surface area (Å²) in [5.74, 6) is 0. The molecule has 0 unspecified atom stereocenters. The van der Waals surface area contributed by atoms with Crippen LogP contribution in [0.15, 0.2) is 29.2 Å². The summed E-state index contributed by atoms with van der Waals surface area (Å²) in [4.78, 5) is 9.07. The standard InChI is InChI=1S/C7H7O3S.C5H15O3P/c1-6-4-2-3-5-7(6)11(8,9)10;1-4-7-9(3,6)8-5-2/h2-5H,1H3;6,9H,4-5H2,1-3H3.